The summed E-state index contributed by atoms with van der Waals surface area (Å²) in [7, 11) is -2.27. The highest BCUT2D eigenvalue weighted by molar-refractivity contribution is 6.74. The number of nitro groups is 1. The molecule has 0 amide bonds. The van der Waals surface area contributed by atoms with Crippen LogP contribution in [0, 0.1) is 10.1 Å². The Morgan fingerprint density at radius 1 is 1.36 bits per heavy atom. The van der Waals surface area contributed by atoms with Gasteiger partial charge in [0.25, 0.3) is 8.32 Å². The largest absolute Gasteiger partial charge is 0.539 e. The molecule has 0 spiro atoms. The summed E-state index contributed by atoms with van der Waals surface area (Å²) in [6.07, 6.45) is -1.80. The molecule has 0 aliphatic heterocycles. The van der Waals surface area contributed by atoms with Crippen LogP contribution in [0.2, 0.25) is 18.1 Å². The number of hydrogen-bond acceptors (Lipinski definition) is 5. The molecule has 1 atom stereocenters. The summed E-state index contributed by atoms with van der Waals surface area (Å²) in [5.74, 6) is -1.37. The molecular weight excluding hydrogens is 306 g/mol. The van der Waals surface area contributed by atoms with Crippen LogP contribution in [0.3, 0.4) is 0 Å². The average Bonchev–Trinajstić information content (AvgIpc) is 2.36. The lowest BCUT2D eigenvalue weighted by molar-refractivity contribution is -0.385. The molecule has 0 saturated heterocycles. The maximum Gasteiger partial charge on any atom is 0.337 e. The van der Waals surface area contributed by atoms with E-state index in [1.165, 1.54) is 12.1 Å². The number of carbonyl (C=O) groups is 1. The van der Waals surface area contributed by atoms with Crippen LogP contribution in [-0.2, 0) is 4.79 Å². The molecule has 8 heteroatoms. The van der Waals surface area contributed by atoms with Gasteiger partial charge in [0.1, 0.15) is 0 Å². The minimum absolute atomic E-state index is 0.0539. The molecule has 1 aromatic carbocycles. The number of aliphatic hydroxyl groups is 1. The van der Waals surface area contributed by atoms with Gasteiger partial charge in [0.05, 0.1) is 4.92 Å². The molecule has 0 bridgehead atoms. The van der Waals surface area contributed by atoms with E-state index in [0.29, 0.717) is 0 Å². The highest BCUT2D eigenvalue weighted by atomic mass is 28.4. The molecule has 0 radical (unpaired) electrons. The van der Waals surface area contributed by atoms with E-state index in [0.717, 1.165) is 6.07 Å². The molecular formula is C14H21NO6Si. The molecule has 22 heavy (non-hydrogen) atoms. The Morgan fingerprint density at radius 2 is 1.91 bits per heavy atom. The summed E-state index contributed by atoms with van der Waals surface area (Å²) in [5, 5.41) is 29.4. The number of nitrogens with zero attached hydrogens (tertiary/aromatic N) is 1. The summed E-state index contributed by atoms with van der Waals surface area (Å²) in [6, 6.07) is 3.72. The van der Waals surface area contributed by atoms with Gasteiger partial charge in [-0.25, -0.2) is 4.79 Å². The topological polar surface area (TPSA) is 110 Å². The third kappa shape index (κ3) is 3.83. The fourth-order valence-electron chi connectivity index (χ4n) is 1.50. The summed E-state index contributed by atoms with van der Waals surface area (Å²) >= 11 is 0. The minimum Gasteiger partial charge on any atom is -0.539 e. The van der Waals surface area contributed by atoms with Crippen LogP contribution in [0.1, 0.15) is 32.4 Å². The third-order valence-electron chi connectivity index (χ3n) is 3.90. The second-order valence-electron chi connectivity index (χ2n) is 6.59. The molecule has 0 heterocycles. The smallest absolute Gasteiger partial charge is 0.337 e. The molecule has 0 aromatic heterocycles. The van der Waals surface area contributed by atoms with Gasteiger partial charge in [0, 0.05) is 6.07 Å². The summed E-state index contributed by atoms with van der Waals surface area (Å²) in [4.78, 5) is 21.4. The van der Waals surface area contributed by atoms with E-state index in [9.17, 15) is 20.0 Å². The van der Waals surface area contributed by atoms with Gasteiger partial charge in [0.2, 0.25) is 0 Å². The summed E-state index contributed by atoms with van der Waals surface area (Å²) in [5.41, 5.74) is -0.399. The Morgan fingerprint density at radius 3 is 2.32 bits per heavy atom. The third-order valence-corrected chi connectivity index (χ3v) is 8.24. The number of hydrogen-bond donors (Lipinski definition) is 2. The van der Waals surface area contributed by atoms with Gasteiger partial charge in [-0.15, -0.1) is 0 Å². The van der Waals surface area contributed by atoms with Gasteiger partial charge in [-0.3, -0.25) is 10.1 Å². The van der Waals surface area contributed by atoms with Crippen LogP contribution in [0.15, 0.2) is 18.2 Å². The first-order valence-corrected chi connectivity index (χ1v) is 9.66. The first-order valence-electron chi connectivity index (χ1n) is 6.75. The van der Waals surface area contributed by atoms with Gasteiger partial charge < -0.3 is 14.6 Å². The molecule has 2 N–H and O–H groups in total. The molecule has 0 saturated carbocycles. The van der Waals surface area contributed by atoms with Gasteiger partial charge in [-0.05, 0) is 29.8 Å². The van der Waals surface area contributed by atoms with Crippen molar-refractivity contribution in [2.24, 2.45) is 0 Å². The minimum atomic E-state index is -2.27. The maximum atomic E-state index is 11.2. The van der Waals surface area contributed by atoms with Crippen molar-refractivity contribution >= 4 is 20.0 Å². The van der Waals surface area contributed by atoms with Gasteiger partial charge in [-0.1, -0.05) is 26.8 Å². The lowest BCUT2D eigenvalue weighted by Gasteiger charge is -2.36. The van der Waals surface area contributed by atoms with Crippen LogP contribution < -0.4 is 4.43 Å². The van der Waals surface area contributed by atoms with Crippen molar-refractivity contribution in [1.82, 2.24) is 0 Å². The molecule has 0 aliphatic rings. The van der Waals surface area contributed by atoms with Gasteiger partial charge in [-0.2, -0.15) is 0 Å². The van der Waals surface area contributed by atoms with E-state index in [1.807, 2.05) is 33.9 Å². The predicted molar refractivity (Wildman–Crippen MR) is 83.5 cm³/mol. The van der Waals surface area contributed by atoms with Crippen LogP contribution >= 0.6 is 0 Å². The Kier molecular flexibility index (Phi) is 4.98. The predicted octanol–water partition coefficient (Wildman–Crippen LogP) is 3.10. The number of aliphatic carboxylic acids is 1. The van der Waals surface area contributed by atoms with E-state index in [4.69, 9.17) is 9.53 Å². The van der Waals surface area contributed by atoms with Gasteiger partial charge in [0.15, 0.2) is 11.9 Å². The van der Waals surface area contributed by atoms with E-state index in [2.05, 4.69) is 0 Å². The normalized spacial score (nSPS) is 13.5. The van der Waals surface area contributed by atoms with Crippen molar-refractivity contribution in [2.45, 2.75) is 45.0 Å². The number of nitro benzene ring substituents is 1. The zero-order valence-corrected chi connectivity index (χ0v) is 14.3. The van der Waals surface area contributed by atoms with Crippen LogP contribution in [-0.4, -0.2) is 29.4 Å². The number of benzene rings is 1. The summed E-state index contributed by atoms with van der Waals surface area (Å²) < 4.78 is 5.92. The number of carboxylic acids is 1. The quantitative estimate of drug-likeness (QED) is 0.488. The van der Waals surface area contributed by atoms with Crippen molar-refractivity contribution in [3.63, 3.8) is 0 Å². The first-order chi connectivity index (χ1) is 9.86. The Balaban J connectivity index is 3.28. The van der Waals surface area contributed by atoms with E-state index in [-0.39, 0.29) is 22.0 Å². The Bertz CT molecular complexity index is 593. The highest BCUT2D eigenvalue weighted by Gasteiger charge is 2.40. The SMILES string of the molecule is CC(C)(C)[Si](C)(C)Oc1ccc(C(O)C(=O)O)cc1[N+](=O)[O-]. The molecule has 0 aliphatic carbocycles. The molecule has 1 unspecified atom stereocenters. The monoisotopic (exact) mass is 327 g/mol. The van der Waals surface area contributed by atoms with E-state index in [1.54, 1.807) is 0 Å². The second-order valence-corrected chi connectivity index (χ2v) is 11.3. The van der Waals surface area contributed by atoms with Crippen molar-refractivity contribution in [3.8, 4) is 5.75 Å². The highest BCUT2D eigenvalue weighted by Crippen LogP contribution is 2.40. The number of rotatable bonds is 5. The van der Waals surface area contributed by atoms with E-state index >= 15 is 0 Å². The lowest BCUT2D eigenvalue weighted by atomic mass is 10.1. The zero-order chi connectivity index (χ0) is 17.3. The average molecular weight is 327 g/mol. The number of carboxylic acid groups (broad SMARTS) is 1. The van der Waals surface area contributed by atoms with Crippen molar-refractivity contribution in [3.05, 3.63) is 33.9 Å². The molecule has 7 nitrogen and oxygen atoms in total. The lowest BCUT2D eigenvalue weighted by Crippen LogP contribution is -2.44. The fraction of sp³-hybridized carbons (Fsp3) is 0.500. The second kappa shape index (κ2) is 6.05. The van der Waals surface area contributed by atoms with Crippen molar-refractivity contribution in [1.29, 1.82) is 0 Å². The Hall–Kier alpha value is -1.93. The number of aliphatic hydroxyl groups excluding tert-OH is 1. The zero-order valence-electron chi connectivity index (χ0n) is 13.3. The molecule has 122 valence electrons. The maximum absolute atomic E-state index is 11.2. The molecule has 0 fully saturated rings. The molecule has 1 rings (SSSR count). The molecule has 1 aromatic rings. The standard InChI is InChI=1S/C14H21NO6Si/c1-14(2,3)22(4,5)21-11-7-6-9(12(16)13(17)18)8-10(11)15(19)20/h6-8,12,16H,1-5H3,(H,17,18). The Labute approximate surface area is 129 Å². The van der Waals surface area contributed by atoms with Crippen LogP contribution in [0.4, 0.5) is 5.69 Å². The van der Waals surface area contributed by atoms with Crippen LogP contribution in [0.5, 0.6) is 5.75 Å². The van der Waals surface area contributed by atoms with E-state index < -0.39 is 25.3 Å². The fourth-order valence-corrected chi connectivity index (χ4v) is 2.53. The van der Waals surface area contributed by atoms with Crippen molar-refractivity contribution in [2.75, 3.05) is 0 Å². The summed E-state index contributed by atoms with van der Waals surface area (Å²) in [6.45, 7) is 9.93. The first kappa shape index (κ1) is 18.1. The van der Waals surface area contributed by atoms with Crippen LogP contribution in [0.25, 0.3) is 0 Å². The van der Waals surface area contributed by atoms with Crippen molar-refractivity contribution < 1.29 is 24.4 Å². The van der Waals surface area contributed by atoms with Gasteiger partial charge >= 0.3 is 11.7 Å².